The van der Waals surface area contributed by atoms with E-state index >= 15 is 0 Å². The average Bonchev–Trinajstić information content (AvgIpc) is 2.89. The fourth-order valence-corrected chi connectivity index (χ4v) is 26.6. The van der Waals surface area contributed by atoms with Crippen LogP contribution in [0.25, 0.3) is 0 Å². The van der Waals surface area contributed by atoms with Gasteiger partial charge in [-0.25, -0.2) is 0 Å². The van der Waals surface area contributed by atoms with Crippen LogP contribution < -0.4 is 3.58 Å². The van der Waals surface area contributed by atoms with Gasteiger partial charge in [-0.15, -0.1) is 0 Å². The fourth-order valence-electron chi connectivity index (χ4n) is 3.46. The van der Waals surface area contributed by atoms with Crippen molar-refractivity contribution >= 4 is 49.2 Å². The molecule has 0 aromatic carbocycles. The van der Waals surface area contributed by atoms with Crippen molar-refractivity contribution in [3.05, 3.63) is 14.7 Å². The molecule has 4 heteroatoms. The van der Waals surface area contributed by atoms with E-state index in [1.165, 1.54) is 61.2 Å². The maximum atomic E-state index is 5.51. The molecule has 0 saturated heterocycles. The van der Waals surface area contributed by atoms with E-state index in [-0.39, 0.29) is 0 Å². The topological polar surface area (TPSA) is 9.23 Å². The molecule has 1 aromatic rings. The maximum absolute atomic E-state index is 5.51. The van der Waals surface area contributed by atoms with Crippen LogP contribution in [-0.2, 0) is 11.3 Å². The van der Waals surface area contributed by atoms with Gasteiger partial charge in [0, 0.05) is 0 Å². The van der Waals surface area contributed by atoms with Gasteiger partial charge >= 0.3 is 155 Å². The quantitative estimate of drug-likeness (QED) is 0.293. The molecule has 0 fully saturated rings. The van der Waals surface area contributed by atoms with Crippen molar-refractivity contribution in [3.63, 3.8) is 0 Å². The van der Waals surface area contributed by atoms with Crippen molar-refractivity contribution < 1.29 is 4.74 Å². The fraction of sp³-hybridized carbons (Fsp3) is 0.778. The molecular weight excluding hydrogens is 463 g/mol. The number of hydrogen-bond acceptors (Lipinski definition) is 2. The number of unbranched alkanes of at least 4 members (excludes halogenated alkanes) is 3. The summed E-state index contributed by atoms with van der Waals surface area (Å²) in [5, 5.41) is 2.32. The Labute approximate surface area is 154 Å². The van der Waals surface area contributed by atoms with Gasteiger partial charge in [0.1, 0.15) is 0 Å². The predicted octanol–water partition coefficient (Wildman–Crippen LogP) is 6.71. The number of hydrogen-bond donors (Lipinski definition) is 0. The number of ether oxygens (including phenoxy) is 1. The second kappa shape index (κ2) is 11.5. The molecule has 1 rings (SSSR count). The van der Waals surface area contributed by atoms with Gasteiger partial charge in [0.05, 0.1) is 0 Å². The second-order valence-electron chi connectivity index (χ2n) is 6.41. The van der Waals surface area contributed by atoms with Crippen molar-refractivity contribution in [1.29, 1.82) is 0 Å². The predicted molar refractivity (Wildman–Crippen MR) is 107 cm³/mol. The Morgan fingerprint density at radius 2 is 1.50 bits per heavy atom. The molecule has 0 bridgehead atoms. The third-order valence-corrected chi connectivity index (χ3v) is 24.0. The van der Waals surface area contributed by atoms with Crippen LogP contribution >= 0.6 is 27.3 Å². The monoisotopic (exact) mass is 496 g/mol. The normalized spacial score (nSPS) is 12.0. The van der Waals surface area contributed by atoms with Gasteiger partial charge in [0.15, 0.2) is 0 Å². The molecule has 0 saturated carbocycles. The molecule has 0 unspecified atom stereocenters. The molecule has 0 aliphatic rings. The van der Waals surface area contributed by atoms with E-state index in [0.717, 1.165) is 6.61 Å². The third-order valence-electron chi connectivity index (χ3n) is 4.65. The first kappa shape index (κ1) is 21.0. The number of thiophene rings is 1. The molecule has 22 heavy (non-hydrogen) atoms. The van der Waals surface area contributed by atoms with Crippen LogP contribution in [0.5, 0.6) is 0 Å². The molecule has 0 aliphatic carbocycles. The summed E-state index contributed by atoms with van der Waals surface area (Å²) in [6, 6.07) is 0. The molecule has 1 nitrogen and oxygen atoms in total. The zero-order valence-electron chi connectivity index (χ0n) is 14.8. The Hall–Kier alpha value is 0.939. The average molecular weight is 496 g/mol. The van der Waals surface area contributed by atoms with Crippen molar-refractivity contribution in [2.75, 3.05) is 7.11 Å². The summed E-state index contributed by atoms with van der Waals surface area (Å²) in [6.07, 6.45) is 8.24. The molecule has 0 N–H and O–H groups in total. The van der Waals surface area contributed by atoms with Crippen LogP contribution in [0.15, 0.2) is 9.85 Å². The Morgan fingerprint density at radius 3 is 1.91 bits per heavy atom. The Morgan fingerprint density at radius 1 is 1.00 bits per heavy atom. The minimum absolute atomic E-state index is 0.800. The zero-order valence-corrected chi connectivity index (χ0v) is 20.1. The summed E-state index contributed by atoms with van der Waals surface area (Å²) < 4.78 is 13.3. The van der Waals surface area contributed by atoms with Crippen LogP contribution in [-0.4, -0.2) is 25.5 Å². The minimum atomic E-state index is -2.33. The number of halogens is 1. The summed E-state index contributed by atoms with van der Waals surface area (Å²) in [5.41, 5.74) is 0. The molecule has 0 amide bonds. The van der Waals surface area contributed by atoms with Gasteiger partial charge < -0.3 is 0 Å². The summed E-state index contributed by atoms with van der Waals surface area (Å²) >= 11 is 3.48. The van der Waals surface area contributed by atoms with Gasteiger partial charge in [0.25, 0.3) is 0 Å². The van der Waals surface area contributed by atoms with Crippen molar-refractivity contribution in [3.8, 4) is 0 Å². The van der Waals surface area contributed by atoms with Crippen LogP contribution in [0.2, 0.25) is 13.3 Å². The van der Waals surface area contributed by atoms with E-state index in [4.69, 9.17) is 4.74 Å². The van der Waals surface area contributed by atoms with Gasteiger partial charge in [-0.3, -0.25) is 0 Å². The second-order valence-corrected chi connectivity index (χ2v) is 21.2. The molecule has 128 valence electrons. The first-order valence-electron chi connectivity index (χ1n) is 8.90. The van der Waals surface area contributed by atoms with Crippen molar-refractivity contribution in [2.24, 2.45) is 0 Å². The van der Waals surface area contributed by atoms with Crippen molar-refractivity contribution in [2.45, 2.75) is 79.2 Å². The Kier molecular flexibility index (Phi) is 11.0. The molecule has 1 heterocycles. The van der Waals surface area contributed by atoms with Gasteiger partial charge in [-0.2, -0.15) is 0 Å². The van der Waals surface area contributed by atoms with Crippen LogP contribution in [0, 0.1) is 0 Å². The molecule has 0 atom stereocenters. The summed E-state index contributed by atoms with van der Waals surface area (Å²) in [7, 11) is 1.83. The summed E-state index contributed by atoms with van der Waals surface area (Å²) in [4.78, 5) is 1.52. The van der Waals surface area contributed by atoms with Crippen LogP contribution in [0.3, 0.4) is 0 Å². The van der Waals surface area contributed by atoms with E-state index in [1.807, 2.05) is 18.4 Å². The van der Waals surface area contributed by atoms with Gasteiger partial charge in [-0.05, 0) is 0 Å². The number of rotatable bonds is 12. The van der Waals surface area contributed by atoms with E-state index in [2.05, 4.69) is 42.1 Å². The van der Waals surface area contributed by atoms with E-state index in [9.17, 15) is 0 Å². The standard InChI is InChI=1S/C6H6BrOS.3C4H9.Sn/c1-8-3-6-2-5(7)4-9-6;3*1-3-4-2;/h4H,3H2,1H3;3*1,3-4H2,2H3;. The summed E-state index contributed by atoms with van der Waals surface area (Å²) in [6.45, 7) is 7.83. The Bertz CT molecular complexity index is 397. The first-order valence-corrected chi connectivity index (χ1v) is 18.1. The van der Waals surface area contributed by atoms with E-state index in [1.54, 1.807) is 3.58 Å². The first-order chi connectivity index (χ1) is 10.6. The Balaban J connectivity index is 3.21. The van der Waals surface area contributed by atoms with Crippen molar-refractivity contribution in [1.82, 2.24) is 0 Å². The number of methoxy groups -OCH3 is 1. The zero-order chi connectivity index (χ0) is 16.4. The van der Waals surface area contributed by atoms with Crippen LogP contribution in [0.4, 0.5) is 0 Å². The van der Waals surface area contributed by atoms with Crippen LogP contribution in [0.1, 0.15) is 64.2 Å². The molecule has 0 spiro atoms. The third kappa shape index (κ3) is 5.78. The molecular formula is C18H33BrOSSn. The molecule has 0 aliphatic heterocycles. The van der Waals surface area contributed by atoms with E-state index < -0.39 is 18.4 Å². The molecule has 0 radical (unpaired) electrons. The molecule has 1 aromatic heterocycles. The SMILES string of the molecule is CCC[CH2][Sn]([CH2]CCC)([CH2]CCC)[c]1c(Br)csc1COC. The summed E-state index contributed by atoms with van der Waals surface area (Å²) in [5.74, 6) is 0. The van der Waals surface area contributed by atoms with E-state index in [0.29, 0.717) is 0 Å². The van der Waals surface area contributed by atoms with Gasteiger partial charge in [-0.1, -0.05) is 0 Å². The van der Waals surface area contributed by atoms with Gasteiger partial charge in [0.2, 0.25) is 0 Å².